The highest BCUT2D eigenvalue weighted by Gasteiger charge is 2.07. The molecule has 1 atom stereocenters. The van der Waals surface area contributed by atoms with Gasteiger partial charge in [-0.25, -0.2) is 4.39 Å². The zero-order chi connectivity index (χ0) is 13.8. The van der Waals surface area contributed by atoms with Gasteiger partial charge in [-0.1, -0.05) is 12.1 Å². The number of halogens is 2. The van der Waals surface area contributed by atoms with E-state index in [0.717, 1.165) is 17.0 Å². The van der Waals surface area contributed by atoms with Crippen LogP contribution in [-0.2, 0) is 0 Å². The van der Waals surface area contributed by atoms with Crippen LogP contribution in [0.2, 0.25) is 0 Å². The van der Waals surface area contributed by atoms with Crippen molar-refractivity contribution in [2.24, 2.45) is 0 Å². The molecule has 1 unspecified atom stereocenters. The van der Waals surface area contributed by atoms with E-state index < -0.39 is 0 Å². The van der Waals surface area contributed by atoms with Gasteiger partial charge in [-0.15, -0.1) is 0 Å². The summed E-state index contributed by atoms with van der Waals surface area (Å²) in [6, 6.07) is 12.9. The summed E-state index contributed by atoms with van der Waals surface area (Å²) in [5.41, 5.74) is 1.87. The summed E-state index contributed by atoms with van der Waals surface area (Å²) in [6.45, 7) is 2.03. The smallest absolute Gasteiger partial charge is 0.139 e. The molecule has 0 spiro atoms. The number of methoxy groups -OCH3 is 1. The normalized spacial score (nSPS) is 12.0. The van der Waals surface area contributed by atoms with E-state index in [4.69, 9.17) is 4.74 Å². The van der Waals surface area contributed by atoms with Crippen LogP contribution >= 0.6 is 15.9 Å². The fourth-order valence-corrected chi connectivity index (χ4v) is 2.06. The maximum atomic E-state index is 13.4. The van der Waals surface area contributed by atoms with Gasteiger partial charge >= 0.3 is 0 Å². The Morgan fingerprint density at radius 3 is 2.42 bits per heavy atom. The molecule has 4 heteroatoms. The molecule has 0 fully saturated rings. The summed E-state index contributed by atoms with van der Waals surface area (Å²) in [5.74, 6) is 0.553. The Bertz CT molecular complexity index is 557. The molecule has 2 nitrogen and oxygen atoms in total. The van der Waals surface area contributed by atoms with Crippen molar-refractivity contribution in [2.75, 3.05) is 12.4 Å². The Kier molecular flexibility index (Phi) is 4.43. The van der Waals surface area contributed by atoms with Gasteiger partial charge in [0.05, 0.1) is 11.6 Å². The molecule has 0 aromatic heterocycles. The van der Waals surface area contributed by atoms with Crippen LogP contribution in [0.25, 0.3) is 0 Å². The van der Waals surface area contributed by atoms with Crippen LogP contribution in [0.1, 0.15) is 18.5 Å². The molecule has 100 valence electrons. The van der Waals surface area contributed by atoms with Crippen LogP contribution in [0.3, 0.4) is 0 Å². The Morgan fingerprint density at radius 2 is 1.84 bits per heavy atom. The van der Waals surface area contributed by atoms with Crippen LogP contribution in [0, 0.1) is 5.82 Å². The third kappa shape index (κ3) is 3.47. The first kappa shape index (κ1) is 13.9. The van der Waals surface area contributed by atoms with E-state index in [-0.39, 0.29) is 11.9 Å². The molecule has 2 aromatic rings. The third-order valence-corrected chi connectivity index (χ3v) is 3.56. The fourth-order valence-electron chi connectivity index (χ4n) is 1.81. The van der Waals surface area contributed by atoms with Gasteiger partial charge in [0.25, 0.3) is 0 Å². The van der Waals surface area contributed by atoms with Crippen molar-refractivity contribution >= 4 is 21.6 Å². The minimum atomic E-state index is -0.271. The Labute approximate surface area is 120 Å². The Balaban J connectivity index is 2.10. The number of nitrogens with one attached hydrogen (secondary N) is 1. The zero-order valence-corrected chi connectivity index (χ0v) is 12.4. The number of ether oxygens (including phenoxy) is 1. The molecule has 0 saturated heterocycles. The SMILES string of the molecule is COc1ccc(C(C)Nc2ccc(Br)c(F)c2)cc1. The zero-order valence-electron chi connectivity index (χ0n) is 10.8. The molecule has 2 rings (SSSR count). The van der Waals surface area contributed by atoms with Crippen molar-refractivity contribution in [3.8, 4) is 5.75 Å². The fraction of sp³-hybridized carbons (Fsp3) is 0.200. The van der Waals surface area contributed by atoms with E-state index >= 15 is 0 Å². The van der Waals surface area contributed by atoms with Crippen molar-refractivity contribution in [3.05, 3.63) is 58.3 Å². The van der Waals surface area contributed by atoms with Gasteiger partial charge in [-0.05, 0) is 58.7 Å². The van der Waals surface area contributed by atoms with Gasteiger partial charge in [-0.2, -0.15) is 0 Å². The predicted octanol–water partition coefficient (Wildman–Crippen LogP) is 4.77. The van der Waals surface area contributed by atoms with Crippen LogP contribution in [-0.4, -0.2) is 7.11 Å². The van der Waals surface area contributed by atoms with Crippen molar-refractivity contribution < 1.29 is 9.13 Å². The second-order valence-corrected chi connectivity index (χ2v) is 5.12. The van der Waals surface area contributed by atoms with Gasteiger partial charge in [0, 0.05) is 11.7 Å². The van der Waals surface area contributed by atoms with E-state index in [9.17, 15) is 4.39 Å². The molecule has 2 aromatic carbocycles. The number of hydrogen-bond donors (Lipinski definition) is 1. The minimum absolute atomic E-state index is 0.0893. The predicted molar refractivity (Wildman–Crippen MR) is 79.1 cm³/mol. The van der Waals surface area contributed by atoms with Crippen molar-refractivity contribution in [3.63, 3.8) is 0 Å². The first-order chi connectivity index (χ1) is 9.10. The van der Waals surface area contributed by atoms with Crippen LogP contribution in [0.5, 0.6) is 5.75 Å². The van der Waals surface area contributed by atoms with Crippen molar-refractivity contribution in [1.82, 2.24) is 0 Å². The highest BCUT2D eigenvalue weighted by atomic mass is 79.9. The van der Waals surface area contributed by atoms with Gasteiger partial charge in [-0.3, -0.25) is 0 Å². The summed E-state index contributed by atoms with van der Waals surface area (Å²) >= 11 is 3.14. The largest absolute Gasteiger partial charge is 0.497 e. The number of hydrogen-bond acceptors (Lipinski definition) is 2. The van der Waals surface area contributed by atoms with E-state index in [0.29, 0.717) is 4.47 Å². The highest BCUT2D eigenvalue weighted by molar-refractivity contribution is 9.10. The third-order valence-electron chi connectivity index (χ3n) is 2.92. The molecular formula is C15H15BrFNO. The first-order valence-electron chi connectivity index (χ1n) is 5.95. The number of benzene rings is 2. The monoisotopic (exact) mass is 323 g/mol. The molecule has 0 aliphatic carbocycles. The maximum Gasteiger partial charge on any atom is 0.139 e. The molecule has 0 aliphatic rings. The van der Waals surface area contributed by atoms with E-state index in [1.165, 1.54) is 6.07 Å². The summed E-state index contributed by atoms with van der Waals surface area (Å²) in [7, 11) is 1.64. The average Bonchev–Trinajstić information content (AvgIpc) is 2.43. The quantitative estimate of drug-likeness (QED) is 0.875. The summed E-state index contributed by atoms with van der Waals surface area (Å²) in [6.07, 6.45) is 0. The first-order valence-corrected chi connectivity index (χ1v) is 6.75. The molecule has 0 amide bonds. The summed E-state index contributed by atoms with van der Waals surface area (Å²) < 4.78 is 19.0. The highest BCUT2D eigenvalue weighted by Crippen LogP contribution is 2.24. The molecule has 19 heavy (non-hydrogen) atoms. The molecule has 0 aliphatic heterocycles. The summed E-state index contributed by atoms with van der Waals surface area (Å²) in [4.78, 5) is 0. The van der Waals surface area contributed by atoms with Crippen LogP contribution in [0.4, 0.5) is 10.1 Å². The van der Waals surface area contributed by atoms with Gasteiger partial charge in [0.1, 0.15) is 11.6 Å². The number of anilines is 1. The molecule has 0 radical (unpaired) electrons. The molecule has 0 heterocycles. The van der Waals surface area contributed by atoms with Gasteiger partial charge in [0.15, 0.2) is 0 Å². The van der Waals surface area contributed by atoms with Crippen molar-refractivity contribution in [1.29, 1.82) is 0 Å². The minimum Gasteiger partial charge on any atom is -0.497 e. The molecule has 1 N–H and O–H groups in total. The van der Waals surface area contributed by atoms with E-state index in [1.54, 1.807) is 13.2 Å². The Hall–Kier alpha value is -1.55. The lowest BCUT2D eigenvalue weighted by Gasteiger charge is -2.16. The average molecular weight is 324 g/mol. The summed E-state index contributed by atoms with van der Waals surface area (Å²) in [5, 5.41) is 3.26. The van der Waals surface area contributed by atoms with E-state index in [1.807, 2.05) is 37.3 Å². The topological polar surface area (TPSA) is 21.3 Å². The molecular weight excluding hydrogens is 309 g/mol. The lowest BCUT2D eigenvalue weighted by Crippen LogP contribution is -2.06. The lowest BCUT2D eigenvalue weighted by molar-refractivity contribution is 0.414. The van der Waals surface area contributed by atoms with E-state index in [2.05, 4.69) is 21.2 Å². The molecule has 0 bridgehead atoms. The van der Waals surface area contributed by atoms with Crippen LogP contribution in [0.15, 0.2) is 46.9 Å². The number of rotatable bonds is 4. The lowest BCUT2D eigenvalue weighted by atomic mass is 10.1. The van der Waals surface area contributed by atoms with Gasteiger partial charge < -0.3 is 10.1 Å². The second-order valence-electron chi connectivity index (χ2n) is 4.27. The molecule has 0 saturated carbocycles. The maximum absolute atomic E-state index is 13.4. The van der Waals surface area contributed by atoms with Crippen LogP contribution < -0.4 is 10.1 Å². The van der Waals surface area contributed by atoms with Crippen molar-refractivity contribution in [2.45, 2.75) is 13.0 Å². The van der Waals surface area contributed by atoms with Gasteiger partial charge in [0.2, 0.25) is 0 Å². The standard InChI is InChI=1S/C15H15BrFNO/c1-10(11-3-6-13(19-2)7-4-11)18-12-5-8-14(16)15(17)9-12/h3-10,18H,1-2H3. The Morgan fingerprint density at radius 1 is 1.16 bits per heavy atom. The second kappa shape index (κ2) is 6.06.